The Bertz CT molecular complexity index is 2180. The quantitative estimate of drug-likeness (QED) is 0.122. The molecule has 270 valence electrons. The highest BCUT2D eigenvalue weighted by Crippen LogP contribution is 2.28. The molecule has 0 fully saturated rings. The number of carboxylic acids is 1. The van der Waals surface area contributed by atoms with E-state index in [2.05, 4.69) is 27.3 Å². The van der Waals surface area contributed by atoms with E-state index < -0.39 is 91.8 Å². The summed E-state index contributed by atoms with van der Waals surface area (Å²) in [5, 5.41) is 8.03. The molecule has 0 unspecified atom stereocenters. The third kappa shape index (κ3) is 8.98. The van der Waals surface area contributed by atoms with E-state index in [1.54, 1.807) is 0 Å². The molecule has 0 amide bonds. The fourth-order valence-corrected chi connectivity index (χ4v) is 4.30. The highest BCUT2D eigenvalue weighted by Gasteiger charge is 2.36. The molecule has 0 spiro atoms. The van der Waals surface area contributed by atoms with Gasteiger partial charge in [0.15, 0.2) is 0 Å². The molecule has 2 heterocycles. The lowest BCUT2D eigenvalue weighted by Gasteiger charge is -2.15. The van der Waals surface area contributed by atoms with Crippen molar-refractivity contribution in [3.63, 3.8) is 0 Å². The SMILES string of the molecule is CI.COC(=O)c1cc(-n2c(=O)cc(C(F)(F)F)n(C)c2=O)c(F)cc1Cl.O=C(O)c1cc(-n2c(=O)cc(C(F)(F)F)[nH]c2=O)c(F)cc1Cl. The number of H-pyrrole nitrogens is 1. The van der Waals surface area contributed by atoms with Crippen molar-refractivity contribution in [3.05, 3.63) is 122 Å². The number of nitrogens with one attached hydrogen (secondary N) is 1. The van der Waals surface area contributed by atoms with Gasteiger partial charge in [-0.25, -0.2) is 37.1 Å². The first-order valence-corrected chi connectivity index (χ1v) is 15.4. The van der Waals surface area contributed by atoms with E-state index in [1.165, 1.54) is 4.98 Å². The van der Waals surface area contributed by atoms with E-state index in [-0.39, 0.29) is 36.4 Å². The second-order valence-corrected chi connectivity index (χ2v) is 9.88. The van der Waals surface area contributed by atoms with Crippen molar-refractivity contribution in [1.82, 2.24) is 18.7 Å². The van der Waals surface area contributed by atoms with Crippen LogP contribution in [0.1, 0.15) is 32.1 Å². The number of benzene rings is 2. The molecule has 0 radical (unpaired) electrons. The third-order valence-electron chi connectivity index (χ3n) is 6.04. The number of aromatic amines is 1. The van der Waals surface area contributed by atoms with E-state index in [4.69, 9.17) is 28.3 Å². The Morgan fingerprint density at radius 3 is 1.68 bits per heavy atom. The van der Waals surface area contributed by atoms with Crippen molar-refractivity contribution in [1.29, 1.82) is 0 Å². The summed E-state index contributed by atoms with van der Waals surface area (Å²) in [5.74, 6) is -5.00. The van der Waals surface area contributed by atoms with Crippen LogP contribution in [0.5, 0.6) is 0 Å². The summed E-state index contributed by atoms with van der Waals surface area (Å²) in [6.07, 6.45) is -9.94. The third-order valence-corrected chi connectivity index (χ3v) is 6.66. The van der Waals surface area contributed by atoms with Gasteiger partial charge in [-0.2, -0.15) is 26.3 Å². The number of hydrogen-bond acceptors (Lipinski definition) is 7. The van der Waals surface area contributed by atoms with Crippen LogP contribution in [-0.4, -0.2) is 47.8 Å². The molecule has 0 bridgehead atoms. The summed E-state index contributed by atoms with van der Waals surface area (Å²) in [4.78, 5) is 73.4. The van der Waals surface area contributed by atoms with Crippen molar-refractivity contribution < 1.29 is 54.6 Å². The highest BCUT2D eigenvalue weighted by atomic mass is 127. The Morgan fingerprint density at radius 2 is 1.24 bits per heavy atom. The van der Waals surface area contributed by atoms with Crippen molar-refractivity contribution in [2.75, 3.05) is 12.0 Å². The van der Waals surface area contributed by atoms with Crippen molar-refractivity contribution in [2.45, 2.75) is 12.4 Å². The normalized spacial score (nSPS) is 11.2. The van der Waals surface area contributed by atoms with Gasteiger partial charge in [0, 0.05) is 19.2 Å². The fraction of sp³-hybridized carbons (Fsp3) is 0.185. The highest BCUT2D eigenvalue weighted by molar-refractivity contribution is 14.1. The molecule has 0 atom stereocenters. The zero-order chi connectivity index (χ0) is 38.6. The number of aromatic carboxylic acids is 1. The average molecular weight is 875 g/mol. The van der Waals surface area contributed by atoms with Gasteiger partial charge in [0.1, 0.15) is 23.0 Å². The Hall–Kier alpha value is -4.51. The van der Waals surface area contributed by atoms with E-state index in [9.17, 15) is 63.9 Å². The molecule has 0 saturated heterocycles. The first-order chi connectivity index (χ1) is 23.0. The Kier molecular flexibility index (Phi) is 13.3. The van der Waals surface area contributed by atoms with E-state index in [0.717, 1.165) is 20.2 Å². The standard InChI is InChI=1S/C14H9ClF4N2O4.C12H5ClF4N2O4.CH3I/c1-20-10(14(17,18)19)5-11(22)21(13(20)24)9-3-6(12(23)25-2)7(15)4-8(9)16;13-5-2-6(14)7(1-4(5)10(21)22)19-9(20)3-8(12(15,16)17)18-11(19)23;1-2/h3-5H,1-2H3;1-3H,(H,18,23)(H,21,22);1H3. The van der Waals surface area contributed by atoms with Crippen LogP contribution in [0.15, 0.2) is 55.6 Å². The Balaban J connectivity index is 0.000000331. The van der Waals surface area contributed by atoms with Crippen LogP contribution in [-0.2, 0) is 24.1 Å². The molecule has 0 saturated carbocycles. The molecular weight excluding hydrogens is 858 g/mol. The van der Waals surface area contributed by atoms with E-state index >= 15 is 0 Å². The lowest BCUT2D eigenvalue weighted by Crippen LogP contribution is -2.41. The molecule has 0 aliphatic heterocycles. The number of rotatable bonds is 4. The Morgan fingerprint density at radius 1 is 0.780 bits per heavy atom. The van der Waals surface area contributed by atoms with Gasteiger partial charge in [0.05, 0.1) is 39.7 Å². The maximum absolute atomic E-state index is 14.1. The second-order valence-electron chi connectivity index (χ2n) is 9.07. The molecule has 4 rings (SSSR count). The number of alkyl halides is 7. The van der Waals surface area contributed by atoms with Gasteiger partial charge in [-0.05, 0) is 29.2 Å². The van der Waals surface area contributed by atoms with Crippen molar-refractivity contribution in [2.24, 2.45) is 7.05 Å². The predicted octanol–water partition coefficient (Wildman–Crippen LogP) is 5.22. The fourth-order valence-electron chi connectivity index (χ4n) is 3.84. The number of carboxylic acid groups (broad SMARTS) is 1. The van der Waals surface area contributed by atoms with Gasteiger partial charge < -0.3 is 14.8 Å². The minimum atomic E-state index is -4.98. The molecule has 2 aromatic heterocycles. The van der Waals surface area contributed by atoms with Crippen LogP contribution >= 0.6 is 45.8 Å². The zero-order valence-corrected chi connectivity index (χ0v) is 28.4. The first kappa shape index (κ1) is 41.7. The number of hydrogen-bond donors (Lipinski definition) is 2. The van der Waals surface area contributed by atoms with Crippen LogP contribution in [0.25, 0.3) is 11.4 Å². The predicted molar refractivity (Wildman–Crippen MR) is 168 cm³/mol. The van der Waals surface area contributed by atoms with Crippen LogP contribution in [0.2, 0.25) is 10.0 Å². The molecule has 0 aliphatic carbocycles. The summed E-state index contributed by atoms with van der Waals surface area (Å²) in [6.45, 7) is 0. The molecule has 50 heavy (non-hydrogen) atoms. The number of nitrogens with zero attached hydrogens (tertiary/aromatic N) is 3. The number of methoxy groups -OCH3 is 1. The van der Waals surface area contributed by atoms with Gasteiger partial charge >= 0.3 is 35.7 Å². The van der Waals surface area contributed by atoms with Gasteiger partial charge in [-0.1, -0.05) is 45.8 Å². The molecule has 2 aromatic carbocycles. The number of carbonyl (C=O) groups is 2. The number of carbonyl (C=O) groups excluding carboxylic acids is 1. The van der Waals surface area contributed by atoms with Crippen LogP contribution in [0, 0.1) is 11.6 Å². The summed E-state index contributed by atoms with van der Waals surface area (Å²) in [7, 11) is 1.79. The summed E-state index contributed by atoms with van der Waals surface area (Å²) >= 11 is 13.4. The molecule has 2 N–H and O–H groups in total. The molecular formula is C27H17Cl2F8IN4O8. The van der Waals surface area contributed by atoms with E-state index in [0.29, 0.717) is 18.2 Å². The number of aromatic nitrogens is 4. The summed E-state index contributed by atoms with van der Waals surface area (Å²) in [6, 6.07) is 2.70. The number of esters is 1. The average Bonchev–Trinajstić information content (AvgIpc) is 3.00. The zero-order valence-electron chi connectivity index (χ0n) is 24.8. The number of halogens is 11. The smallest absolute Gasteiger partial charge is 0.431 e. The largest absolute Gasteiger partial charge is 0.478 e. The van der Waals surface area contributed by atoms with Crippen molar-refractivity contribution in [3.8, 4) is 11.4 Å². The first-order valence-electron chi connectivity index (χ1n) is 12.5. The molecule has 0 aliphatic rings. The van der Waals surface area contributed by atoms with Crippen LogP contribution in [0.3, 0.4) is 0 Å². The molecule has 12 nitrogen and oxygen atoms in total. The van der Waals surface area contributed by atoms with Crippen LogP contribution in [0.4, 0.5) is 35.1 Å². The van der Waals surface area contributed by atoms with E-state index in [1.807, 2.05) is 4.93 Å². The Labute approximate surface area is 295 Å². The van der Waals surface area contributed by atoms with Gasteiger partial charge in [-0.3, -0.25) is 14.2 Å². The second kappa shape index (κ2) is 16.0. The minimum Gasteiger partial charge on any atom is -0.478 e. The molecule has 4 aromatic rings. The van der Waals surface area contributed by atoms with Gasteiger partial charge in [-0.15, -0.1) is 0 Å². The topological polar surface area (TPSA) is 162 Å². The van der Waals surface area contributed by atoms with Crippen molar-refractivity contribution >= 4 is 57.7 Å². The minimum absolute atomic E-state index is 0.0351. The number of ether oxygens (including phenoxy) is 1. The maximum atomic E-state index is 14.1. The molecule has 23 heteroatoms. The van der Waals surface area contributed by atoms with Gasteiger partial charge in [0.2, 0.25) is 0 Å². The lowest BCUT2D eigenvalue weighted by atomic mass is 10.2. The maximum Gasteiger partial charge on any atom is 0.431 e. The monoisotopic (exact) mass is 874 g/mol. The summed E-state index contributed by atoms with van der Waals surface area (Å²) < 4.78 is 109. The van der Waals surface area contributed by atoms with Crippen LogP contribution < -0.4 is 22.5 Å². The lowest BCUT2D eigenvalue weighted by molar-refractivity contribution is -0.144. The van der Waals surface area contributed by atoms with Gasteiger partial charge in [0.25, 0.3) is 11.1 Å². The summed E-state index contributed by atoms with van der Waals surface area (Å²) in [5.41, 5.74) is -11.6.